The van der Waals surface area contributed by atoms with Crippen LogP contribution >= 0.6 is 11.6 Å². The molecule has 1 unspecified atom stereocenters. The molecule has 0 bridgehead atoms. The van der Waals surface area contributed by atoms with Crippen molar-refractivity contribution in [2.45, 2.75) is 44.8 Å². The molecule has 0 aliphatic heterocycles. The van der Waals surface area contributed by atoms with Gasteiger partial charge in [0.1, 0.15) is 11.3 Å². The summed E-state index contributed by atoms with van der Waals surface area (Å²) in [5, 5.41) is 3.87. The Morgan fingerprint density at radius 1 is 1.35 bits per heavy atom. The Labute approximate surface area is 119 Å². The zero-order chi connectivity index (χ0) is 15.1. The summed E-state index contributed by atoms with van der Waals surface area (Å²) in [6.45, 7) is 3.80. The minimum Gasteiger partial charge on any atom is -0.312 e. The molecule has 0 aliphatic carbocycles. The van der Waals surface area contributed by atoms with Gasteiger partial charge in [-0.1, -0.05) is 0 Å². The summed E-state index contributed by atoms with van der Waals surface area (Å²) in [5.41, 5.74) is 2.16. The first-order valence-electron chi connectivity index (χ1n) is 6.31. The maximum atomic E-state index is 12.3. The van der Waals surface area contributed by atoms with Gasteiger partial charge in [0.15, 0.2) is 5.65 Å². The van der Waals surface area contributed by atoms with Crippen LogP contribution in [0.15, 0.2) is 0 Å². The number of alkyl halides is 4. The number of imidazole rings is 1. The predicted octanol–water partition coefficient (Wildman–Crippen LogP) is 3.72. The topological polar surface area (TPSA) is 35.6 Å². The Morgan fingerprint density at radius 3 is 2.55 bits per heavy atom. The lowest BCUT2D eigenvalue weighted by atomic mass is 10.3. The van der Waals surface area contributed by atoms with Gasteiger partial charge in [-0.3, -0.25) is 4.68 Å². The summed E-state index contributed by atoms with van der Waals surface area (Å²) in [6.07, 6.45) is -4.97. The van der Waals surface area contributed by atoms with E-state index in [1.807, 2.05) is 6.92 Å². The number of halogens is 4. The number of aromatic nitrogens is 4. The second-order valence-corrected chi connectivity index (χ2v) is 5.49. The molecule has 0 aromatic carbocycles. The van der Waals surface area contributed by atoms with Crippen LogP contribution in [0.1, 0.15) is 36.7 Å². The van der Waals surface area contributed by atoms with Gasteiger partial charge >= 0.3 is 6.18 Å². The van der Waals surface area contributed by atoms with E-state index in [9.17, 15) is 13.2 Å². The molecule has 2 heterocycles. The molecule has 0 spiro atoms. The van der Waals surface area contributed by atoms with Crippen molar-refractivity contribution in [1.82, 2.24) is 19.3 Å². The molecule has 0 N–H and O–H groups in total. The lowest BCUT2D eigenvalue weighted by Gasteiger charge is -2.12. The predicted molar refractivity (Wildman–Crippen MR) is 70.8 cm³/mol. The standard InChI is InChI=1S/C12H16ClF3N4/c1-7(13)10-17-9-8(2)18-19(3)11(9)20(10)6-4-5-12(14,15)16/h7H,4-6H2,1-3H3. The Bertz CT molecular complexity index is 612. The lowest BCUT2D eigenvalue weighted by molar-refractivity contribution is -0.135. The molecule has 112 valence electrons. The molecule has 2 rings (SSSR count). The molecule has 0 fully saturated rings. The van der Waals surface area contributed by atoms with E-state index in [2.05, 4.69) is 10.1 Å². The van der Waals surface area contributed by atoms with E-state index in [1.54, 1.807) is 23.2 Å². The largest absolute Gasteiger partial charge is 0.389 e. The summed E-state index contributed by atoms with van der Waals surface area (Å²) in [6, 6.07) is 0. The van der Waals surface area contributed by atoms with Crippen LogP contribution < -0.4 is 0 Å². The second kappa shape index (κ2) is 5.27. The molecule has 0 saturated heterocycles. The number of nitrogens with zero attached hydrogens (tertiary/aromatic N) is 4. The van der Waals surface area contributed by atoms with Crippen LogP contribution in [-0.2, 0) is 13.6 Å². The number of hydrogen-bond acceptors (Lipinski definition) is 2. The number of fused-ring (bicyclic) bond motifs is 1. The van der Waals surface area contributed by atoms with E-state index >= 15 is 0 Å². The molecule has 0 amide bonds. The van der Waals surface area contributed by atoms with Crippen molar-refractivity contribution in [3.05, 3.63) is 11.5 Å². The van der Waals surface area contributed by atoms with E-state index < -0.39 is 12.6 Å². The zero-order valence-corrected chi connectivity index (χ0v) is 12.3. The Balaban J connectivity index is 2.36. The molecule has 0 saturated carbocycles. The van der Waals surface area contributed by atoms with Crippen LogP contribution in [-0.4, -0.2) is 25.5 Å². The third-order valence-electron chi connectivity index (χ3n) is 3.12. The van der Waals surface area contributed by atoms with Gasteiger partial charge < -0.3 is 4.57 Å². The molecule has 2 aromatic heterocycles. The quantitative estimate of drug-likeness (QED) is 0.807. The maximum absolute atomic E-state index is 12.3. The molecule has 8 heteroatoms. The molecule has 20 heavy (non-hydrogen) atoms. The van der Waals surface area contributed by atoms with E-state index in [4.69, 9.17) is 11.6 Å². The Morgan fingerprint density at radius 2 is 2.00 bits per heavy atom. The summed E-state index contributed by atoms with van der Waals surface area (Å²) in [4.78, 5) is 4.41. The normalized spacial score (nSPS) is 14.2. The number of hydrogen-bond donors (Lipinski definition) is 0. The maximum Gasteiger partial charge on any atom is 0.389 e. The van der Waals surface area contributed by atoms with Crippen LogP contribution in [0.5, 0.6) is 0 Å². The van der Waals surface area contributed by atoms with Gasteiger partial charge in [-0.05, 0) is 20.3 Å². The first kappa shape index (κ1) is 15.2. The van der Waals surface area contributed by atoms with Gasteiger partial charge in [-0.15, -0.1) is 11.6 Å². The summed E-state index contributed by atoms with van der Waals surface area (Å²) >= 11 is 6.07. The second-order valence-electron chi connectivity index (χ2n) is 4.84. The first-order chi connectivity index (χ1) is 9.20. The number of aryl methyl sites for hydroxylation is 3. The fourth-order valence-corrected chi connectivity index (χ4v) is 2.48. The number of rotatable bonds is 4. The molecule has 0 aliphatic rings. The molecule has 4 nitrogen and oxygen atoms in total. The van der Waals surface area contributed by atoms with Crippen molar-refractivity contribution in [2.75, 3.05) is 0 Å². The van der Waals surface area contributed by atoms with E-state index in [1.165, 1.54) is 0 Å². The van der Waals surface area contributed by atoms with Crippen molar-refractivity contribution in [1.29, 1.82) is 0 Å². The lowest BCUT2D eigenvalue weighted by Crippen LogP contribution is -2.12. The Hall–Kier alpha value is -1.24. The third kappa shape index (κ3) is 2.92. The minimum absolute atomic E-state index is 0.00417. The van der Waals surface area contributed by atoms with Crippen molar-refractivity contribution in [3.8, 4) is 0 Å². The van der Waals surface area contributed by atoms with Gasteiger partial charge in [0, 0.05) is 20.0 Å². The molecule has 0 radical (unpaired) electrons. The van der Waals surface area contributed by atoms with Crippen LogP contribution in [0, 0.1) is 6.92 Å². The summed E-state index contributed by atoms with van der Waals surface area (Å²) in [7, 11) is 1.75. The van der Waals surface area contributed by atoms with Crippen LogP contribution in [0.2, 0.25) is 0 Å². The van der Waals surface area contributed by atoms with E-state index in [-0.39, 0.29) is 18.3 Å². The van der Waals surface area contributed by atoms with E-state index in [0.717, 1.165) is 5.69 Å². The van der Waals surface area contributed by atoms with Gasteiger partial charge in [0.25, 0.3) is 0 Å². The smallest absolute Gasteiger partial charge is 0.312 e. The Kier molecular flexibility index (Phi) is 4.00. The van der Waals surface area contributed by atoms with Gasteiger partial charge in [0.2, 0.25) is 0 Å². The molecular formula is C12H16ClF3N4. The highest BCUT2D eigenvalue weighted by Gasteiger charge is 2.27. The fourth-order valence-electron chi connectivity index (χ4n) is 2.31. The van der Waals surface area contributed by atoms with Crippen molar-refractivity contribution >= 4 is 22.8 Å². The van der Waals surface area contributed by atoms with Gasteiger partial charge in [-0.25, -0.2) is 4.98 Å². The van der Waals surface area contributed by atoms with Crippen molar-refractivity contribution in [2.24, 2.45) is 7.05 Å². The van der Waals surface area contributed by atoms with Crippen molar-refractivity contribution in [3.63, 3.8) is 0 Å². The minimum atomic E-state index is -4.14. The highest BCUT2D eigenvalue weighted by atomic mass is 35.5. The van der Waals surface area contributed by atoms with E-state index in [0.29, 0.717) is 17.0 Å². The van der Waals surface area contributed by atoms with Crippen LogP contribution in [0.4, 0.5) is 13.2 Å². The third-order valence-corrected chi connectivity index (χ3v) is 3.31. The summed E-state index contributed by atoms with van der Waals surface area (Å²) < 4.78 is 40.2. The SMILES string of the molecule is Cc1nn(C)c2c1nc(C(C)Cl)n2CCCC(F)(F)F. The average Bonchev–Trinajstić information content (AvgIpc) is 2.78. The monoisotopic (exact) mass is 308 g/mol. The van der Waals surface area contributed by atoms with Crippen LogP contribution in [0.25, 0.3) is 11.2 Å². The molecular weight excluding hydrogens is 293 g/mol. The van der Waals surface area contributed by atoms with Gasteiger partial charge in [0.05, 0.1) is 11.1 Å². The van der Waals surface area contributed by atoms with Crippen LogP contribution in [0.3, 0.4) is 0 Å². The zero-order valence-electron chi connectivity index (χ0n) is 11.5. The highest BCUT2D eigenvalue weighted by Crippen LogP contribution is 2.28. The molecule has 2 aromatic rings. The summed E-state index contributed by atoms with van der Waals surface area (Å²) in [5.74, 6) is 0.583. The average molecular weight is 309 g/mol. The first-order valence-corrected chi connectivity index (χ1v) is 6.75. The highest BCUT2D eigenvalue weighted by molar-refractivity contribution is 6.20. The van der Waals surface area contributed by atoms with Crippen molar-refractivity contribution < 1.29 is 13.2 Å². The van der Waals surface area contributed by atoms with Gasteiger partial charge in [-0.2, -0.15) is 18.3 Å². The fraction of sp³-hybridized carbons (Fsp3) is 0.667. The molecule has 1 atom stereocenters.